The van der Waals surface area contributed by atoms with Gasteiger partial charge in [0.15, 0.2) is 0 Å². The lowest BCUT2D eigenvalue weighted by atomic mass is 9.95. The number of ether oxygens (including phenoxy) is 3. The molecule has 0 bridgehead atoms. The number of amides is 2. The van der Waals surface area contributed by atoms with Crippen LogP contribution in [0.5, 0.6) is 11.5 Å². The van der Waals surface area contributed by atoms with Crippen LogP contribution < -0.4 is 20.1 Å². The fourth-order valence-electron chi connectivity index (χ4n) is 2.97. The molecule has 1 heterocycles. The largest absolute Gasteiger partial charge is 0.497 e. The predicted molar refractivity (Wildman–Crippen MR) is 111 cm³/mol. The number of nitrogens with one attached hydrogen (secondary N) is 2. The first-order valence-corrected chi connectivity index (χ1v) is 9.91. The van der Waals surface area contributed by atoms with E-state index in [-0.39, 0.29) is 24.5 Å². The molecule has 158 valence electrons. The van der Waals surface area contributed by atoms with Crippen LogP contribution in [-0.4, -0.2) is 32.3 Å². The van der Waals surface area contributed by atoms with Crippen molar-refractivity contribution in [2.45, 2.75) is 13.0 Å². The van der Waals surface area contributed by atoms with Crippen LogP contribution in [0, 0.1) is 5.82 Å². The quantitative estimate of drug-likeness (QED) is 0.590. The Balaban J connectivity index is 1.96. The van der Waals surface area contributed by atoms with E-state index in [1.807, 2.05) is 0 Å². The fraction of sp³-hybridized carbons (Fsp3) is 0.238. The molecule has 0 spiro atoms. The normalized spacial score (nSPS) is 15.9. The molecule has 2 N–H and O–H groups in total. The summed E-state index contributed by atoms with van der Waals surface area (Å²) in [5.74, 6) is 0.00395. The van der Waals surface area contributed by atoms with Crippen molar-refractivity contribution in [3.8, 4) is 11.5 Å². The van der Waals surface area contributed by atoms with Crippen molar-refractivity contribution in [3.63, 3.8) is 0 Å². The molecular formula is C21H20BrFN2O5. The molecule has 1 aliphatic rings. The summed E-state index contributed by atoms with van der Waals surface area (Å²) in [4.78, 5) is 25.0. The van der Waals surface area contributed by atoms with E-state index in [0.717, 1.165) is 0 Å². The van der Waals surface area contributed by atoms with Gasteiger partial charge in [-0.1, -0.05) is 12.1 Å². The molecule has 9 heteroatoms. The smallest absolute Gasteiger partial charge is 0.338 e. The first kappa shape index (κ1) is 21.6. The van der Waals surface area contributed by atoms with Gasteiger partial charge in [-0.2, -0.15) is 0 Å². The third-order valence-electron chi connectivity index (χ3n) is 4.36. The number of benzene rings is 2. The molecule has 3 rings (SSSR count). The van der Waals surface area contributed by atoms with E-state index in [0.29, 0.717) is 21.5 Å². The van der Waals surface area contributed by atoms with E-state index < -0.39 is 23.9 Å². The molecule has 2 amide bonds. The second-order valence-corrected chi connectivity index (χ2v) is 7.14. The minimum atomic E-state index is -0.737. The molecule has 1 aliphatic heterocycles. The summed E-state index contributed by atoms with van der Waals surface area (Å²) >= 11 is 3.23. The lowest BCUT2D eigenvalue weighted by molar-refractivity contribution is -0.139. The topological polar surface area (TPSA) is 85.9 Å². The van der Waals surface area contributed by atoms with Gasteiger partial charge >= 0.3 is 12.0 Å². The Morgan fingerprint density at radius 1 is 1.20 bits per heavy atom. The van der Waals surface area contributed by atoms with Crippen molar-refractivity contribution in [2.75, 3.05) is 20.3 Å². The zero-order valence-electron chi connectivity index (χ0n) is 16.3. The Kier molecular flexibility index (Phi) is 6.94. The first-order chi connectivity index (χ1) is 14.4. The molecule has 2 aromatic rings. The van der Waals surface area contributed by atoms with Crippen molar-refractivity contribution >= 4 is 27.9 Å². The van der Waals surface area contributed by atoms with E-state index in [1.165, 1.54) is 18.2 Å². The van der Waals surface area contributed by atoms with E-state index >= 15 is 0 Å². The summed E-state index contributed by atoms with van der Waals surface area (Å²) in [5, 5.41) is 5.36. The van der Waals surface area contributed by atoms with Crippen molar-refractivity contribution in [1.29, 1.82) is 0 Å². The number of hydrogen-bond donors (Lipinski definition) is 2. The molecule has 7 nitrogen and oxygen atoms in total. The van der Waals surface area contributed by atoms with Gasteiger partial charge in [0.1, 0.15) is 23.9 Å². The number of carbonyl (C=O) groups is 2. The molecule has 2 aromatic carbocycles. The average molecular weight is 479 g/mol. The van der Waals surface area contributed by atoms with Crippen LogP contribution in [0.1, 0.15) is 18.5 Å². The third-order valence-corrected chi connectivity index (χ3v) is 4.98. The minimum absolute atomic E-state index is 0.127. The van der Waals surface area contributed by atoms with Gasteiger partial charge in [0.25, 0.3) is 0 Å². The summed E-state index contributed by atoms with van der Waals surface area (Å²) in [6, 6.07) is 9.72. The molecule has 0 saturated carbocycles. The molecule has 0 radical (unpaired) electrons. The minimum Gasteiger partial charge on any atom is -0.497 e. The molecule has 0 aromatic heterocycles. The molecule has 0 aliphatic carbocycles. The van der Waals surface area contributed by atoms with Crippen LogP contribution in [0.25, 0.3) is 0 Å². The van der Waals surface area contributed by atoms with Gasteiger partial charge in [0.05, 0.1) is 35.5 Å². The molecule has 0 fully saturated rings. The van der Waals surface area contributed by atoms with E-state index in [4.69, 9.17) is 14.2 Å². The van der Waals surface area contributed by atoms with E-state index in [2.05, 4.69) is 26.6 Å². The van der Waals surface area contributed by atoms with Crippen LogP contribution in [0.3, 0.4) is 0 Å². The van der Waals surface area contributed by atoms with Crippen LogP contribution in [-0.2, 0) is 9.53 Å². The van der Waals surface area contributed by atoms with Gasteiger partial charge in [-0.25, -0.2) is 14.0 Å². The maximum Gasteiger partial charge on any atom is 0.338 e. The second kappa shape index (κ2) is 9.62. The first-order valence-electron chi connectivity index (χ1n) is 9.12. The second-order valence-electron chi connectivity index (χ2n) is 6.28. The summed E-state index contributed by atoms with van der Waals surface area (Å²) in [5.41, 5.74) is 1.16. The Hall–Kier alpha value is -3.07. The van der Waals surface area contributed by atoms with Crippen molar-refractivity contribution in [1.82, 2.24) is 10.6 Å². The Morgan fingerprint density at radius 2 is 1.93 bits per heavy atom. The molecule has 30 heavy (non-hydrogen) atoms. The number of halogens is 2. The lowest BCUT2D eigenvalue weighted by Crippen LogP contribution is -2.47. The highest BCUT2D eigenvalue weighted by molar-refractivity contribution is 9.10. The molecule has 0 saturated heterocycles. The SMILES string of the molecule is CCOC(=O)C1=C(COc2ccc(F)cc2Br)NC(=O)NC1c1ccc(OC)cc1. The van der Waals surface area contributed by atoms with Crippen LogP contribution in [0.4, 0.5) is 9.18 Å². The van der Waals surface area contributed by atoms with Gasteiger partial charge in [0, 0.05) is 0 Å². The van der Waals surface area contributed by atoms with Crippen LogP contribution in [0.2, 0.25) is 0 Å². The number of rotatable bonds is 7. The van der Waals surface area contributed by atoms with Gasteiger partial charge in [-0.05, 0) is 58.7 Å². The summed E-state index contributed by atoms with van der Waals surface area (Å²) in [6.45, 7) is 1.74. The Labute approximate surface area is 181 Å². The number of carbonyl (C=O) groups excluding carboxylic acids is 2. The molecular weight excluding hydrogens is 459 g/mol. The van der Waals surface area contributed by atoms with E-state index in [1.54, 1.807) is 38.3 Å². The molecule has 1 unspecified atom stereocenters. The highest BCUT2D eigenvalue weighted by Gasteiger charge is 2.34. The van der Waals surface area contributed by atoms with Crippen molar-refractivity contribution in [2.24, 2.45) is 0 Å². The van der Waals surface area contributed by atoms with Gasteiger partial charge in [0.2, 0.25) is 0 Å². The third kappa shape index (κ3) is 4.91. The average Bonchev–Trinajstić information content (AvgIpc) is 2.73. The number of hydrogen-bond acceptors (Lipinski definition) is 5. The van der Waals surface area contributed by atoms with Gasteiger partial charge < -0.3 is 24.8 Å². The fourth-order valence-corrected chi connectivity index (χ4v) is 3.44. The lowest BCUT2D eigenvalue weighted by Gasteiger charge is -2.29. The van der Waals surface area contributed by atoms with E-state index in [9.17, 15) is 14.0 Å². The zero-order chi connectivity index (χ0) is 21.7. The van der Waals surface area contributed by atoms with Crippen molar-refractivity contribution in [3.05, 3.63) is 69.6 Å². The number of urea groups is 1. The maximum absolute atomic E-state index is 13.3. The molecule has 1 atom stereocenters. The standard InChI is InChI=1S/C21H20BrFN2O5/c1-3-29-20(26)18-16(11-30-17-9-6-13(23)10-15(17)22)24-21(27)25-19(18)12-4-7-14(28-2)8-5-12/h4-10,19H,3,11H2,1-2H3,(H2,24,25,27). The van der Waals surface area contributed by atoms with Crippen molar-refractivity contribution < 1.29 is 28.2 Å². The number of esters is 1. The van der Waals surface area contributed by atoms with Crippen LogP contribution in [0.15, 0.2) is 58.2 Å². The summed E-state index contributed by atoms with van der Waals surface area (Å²) in [6.07, 6.45) is 0. The highest BCUT2D eigenvalue weighted by Crippen LogP contribution is 2.30. The monoisotopic (exact) mass is 478 g/mol. The maximum atomic E-state index is 13.3. The Bertz CT molecular complexity index is 978. The highest BCUT2D eigenvalue weighted by atomic mass is 79.9. The number of methoxy groups -OCH3 is 1. The van der Waals surface area contributed by atoms with Crippen LogP contribution >= 0.6 is 15.9 Å². The van der Waals surface area contributed by atoms with Gasteiger partial charge in [-0.3, -0.25) is 0 Å². The summed E-state index contributed by atoms with van der Waals surface area (Å²) in [7, 11) is 1.55. The zero-order valence-corrected chi connectivity index (χ0v) is 17.9. The van der Waals surface area contributed by atoms with Gasteiger partial charge in [-0.15, -0.1) is 0 Å². The summed E-state index contributed by atoms with van der Waals surface area (Å²) < 4.78 is 29.8. The predicted octanol–water partition coefficient (Wildman–Crippen LogP) is 3.85. The Morgan fingerprint density at radius 3 is 2.57 bits per heavy atom.